The maximum atomic E-state index is 5.40. The lowest BCUT2D eigenvalue weighted by molar-refractivity contribution is 0.141. The second-order valence-corrected chi connectivity index (χ2v) is 10.8. The van der Waals surface area contributed by atoms with Gasteiger partial charge in [0.25, 0.3) is 0 Å². The van der Waals surface area contributed by atoms with Gasteiger partial charge in [-0.2, -0.15) is 0 Å². The van der Waals surface area contributed by atoms with E-state index in [1.807, 2.05) is 114 Å². The largest absolute Gasteiger partial charge is 0.399 e. The summed E-state index contributed by atoms with van der Waals surface area (Å²) < 4.78 is 0. The normalized spacial score (nSPS) is 11.8. The van der Waals surface area contributed by atoms with Crippen LogP contribution in [-0.4, -0.2) is 70.2 Å². The molecule has 0 spiro atoms. The molecule has 0 saturated heterocycles. The first kappa shape index (κ1) is 38.5. The van der Waals surface area contributed by atoms with Gasteiger partial charge in [-0.25, -0.2) is 4.98 Å². The zero-order valence-corrected chi connectivity index (χ0v) is 30.0. The monoisotopic (exact) mass is 676 g/mol. The predicted molar refractivity (Wildman–Crippen MR) is 196 cm³/mol. The summed E-state index contributed by atoms with van der Waals surface area (Å²) in [7, 11) is 3.03. The first-order chi connectivity index (χ1) is 24.2. The lowest BCUT2D eigenvalue weighted by Gasteiger charge is -2.05. The molecule has 0 fully saturated rings. The number of nitrogens with zero attached hydrogens (tertiary/aromatic N) is 8. The molecule has 0 aliphatic rings. The van der Waals surface area contributed by atoms with Crippen molar-refractivity contribution in [2.75, 3.05) is 27.4 Å². The summed E-state index contributed by atoms with van der Waals surface area (Å²) in [6, 6.07) is 23.0. The number of oxime groups is 4. The second kappa shape index (κ2) is 21.1. The summed E-state index contributed by atoms with van der Waals surface area (Å²) in [5, 5.41) is 15.9. The van der Waals surface area contributed by atoms with Crippen molar-refractivity contribution >= 4 is 22.8 Å². The zero-order chi connectivity index (χ0) is 36.1. The summed E-state index contributed by atoms with van der Waals surface area (Å²) in [5.74, 6) is 5.82. The Labute approximate surface area is 294 Å². The van der Waals surface area contributed by atoms with Crippen molar-refractivity contribution in [3.8, 4) is 11.8 Å². The van der Waals surface area contributed by atoms with Crippen LogP contribution in [0.25, 0.3) is 0 Å². The van der Waals surface area contributed by atoms with Crippen LogP contribution in [0.5, 0.6) is 0 Å². The molecular weight excluding hydrogens is 632 g/mol. The van der Waals surface area contributed by atoms with Crippen LogP contribution in [0, 0.1) is 25.7 Å². The molecule has 4 heterocycles. The smallest absolute Gasteiger partial charge is 0.177 e. The molecule has 0 unspecified atom stereocenters. The third-order valence-electron chi connectivity index (χ3n) is 6.70. The van der Waals surface area contributed by atoms with Crippen molar-refractivity contribution in [2.24, 2.45) is 20.6 Å². The number of rotatable bonds is 13. The Bertz CT molecular complexity index is 1880. The number of aryl methyl sites for hydroxylation is 3. The van der Waals surface area contributed by atoms with Gasteiger partial charge >= 0.3 is 0 Å². The van der Waals surface area contributed by atoms with Gasteiger partial charge in [0.05, 0.1) is 22.8 Å². The van der Waals surface area contributed by atoms with Crippen LogP contribution in [0.3, 0.4) is 0 Å². The highest BCUT2D eigenvalue weighted by atomic mass is 16.6. The molecule has 12 nitrogen and oxygen atoms in total. The van der Waals surface area contributed by atoms with Gasteiger partial charge < -0.3 is 19.4 Å². The second-order valence-electron chi connectivity index (χ2n) is 10.8. The third kappa shape index (κ3) is 13.6. The van der Waals surface area contributed by atoms with E-state index in [-0.39, 0.29) is 6.61 Å². The van der Waals surface area contributed by atoms with E-state index < -0.39 is 0 Å². The fourth-order valence-electron chi connectivity index (χ4n) is 4.22. The standard InChI is InChI=1S/C19H24N4O2.C19H20N4O2/c2*1-14-8-5-11-18(20-14)16(3)23-25-13-7-10-17-9-6-12-19(21-17)15(2)22-24-4/h5-6,8-9,11-12H,7,10,13H2,1-4H3;5-6,8-9,11-12H,13H2,1-4H3/b2*22-15+,23-16+. The summed E-state index contributed by atoms with van der Waals surface area (Å²) in [4.78, 5) is 37.9. The summed E-state index contributed by atoms with van der Waals surface area (Å²) in [5.41, 5.74) is 9.61. The van der Waals surface area contributed by atoms with Gasteiger partial charge in [0.2, 0.25) is 0 Å². The van der Waals surface area contributed by atoms with E-state index >= 15 is 0 Å². The Balaban J connectivity index is 0.000000270. The Morgan fingerprint density at radius 1 is 0.580 bits per heavy atom. The highest BCUT2D eigenvalue weighted by Crippen LogP contribution is 2.06. The van der Waals surface area contributed by atoms with Gasteiger partial charge in [0.15, 0.2) is 6.61 Å². The van der Waals surface area contributed by atoms with Crippen molar-refractivity contribution in [3.63, 3.8) is 0 Å². The fraction of sp³-hybridized carbons (Fsp3) is 0.316. The molecule has 50 heavy (non-hydrogen) atoms. The van der Waals surface area contributed by atoms with Gasteiger partial charge in [0.1, 0.15) is 49.4 Å². The lowest BCUT2D eigenvalue weighted by Crippen LogP contribution is -2.04. The van der Waals surface area contributed by atoms with E-state index in [0.717, 1.165) is 58.4 Å². The highest BCUT2D eigenvalue weighted by Gasteiger charge is 2.04. The first-order valence-electron chi connectivity index (χ1n) is 16.0. The number of pyridine rings is 4. The van der Waals surface area contributed by atoms with Crippen LogP contribution in [0.2, 0.25) is 0 Å². The molecule has 0 aliphatic heterocycles. The van der Waals surface area contributed by atoms with E-state index in [0.29, 0.717) is 29.4 Å². The molecule has 0 bridgehead atoms. The van der Waals surface area contributed by atoms with Gasteiger partial charge in [-0.15, -0.1) is 0 Å². The molecule has 12 heteroatoms. The van der Waals surface area contributed by atoms with E-state index in [2.05, 4.69) is 52.4 Å². The molecule has 0 radical (unpaired) electrons. The quantitative estimate of drug-likeness (QED) is 0.0679. The fourth-order valence-corrected chi connectivity index (χ4v) is 4.22. The molecule has 0 amide bonds. The van der Waals surface area contributed by atoms with Crippen LogP contribution in [-0.2, 0) is 25.8 Å². The first-order valence-corrected chi connectivity index (χ1v) is 16.0. The third-order valence-corrected chi connectivity index (χ3v) is 6.70. The van der Waals surface area contributed by atoms with Crippen LogP contribution < -0.4 is 0 Å². The molecular formula is C38H44N8O4. The Morgan fingerprint density at radius 3 is 1.62 bits per heavy atom. The SMILES string of the molecule is CO/N=C(\C)c1cccc(C#CCO/N=C(\C)c2cccc(C)n2)n1.CO/N=C(\C)c1cccc(CCCO/N=C(\C)c2cccc(C)n2)n1. The predicted octanol–water partition coefficient (Wildman–Crippen LogP) is 6.48. The van der Waals surface area contributed by atoms with E-state index in [1.165, 1.54) is 14.2 Å². The van der Waals surface area contributed by atoms with Crippen molar-refractivity contribution < 1.29 is 19.4 Å². The molecule has 4 aromatic heterocycles. The van der Waals surface area contributed by atoms with Crippen LogP contribution >= 0.6 is 0 Å². The molecule has 0 N–H and O–H groups in total. The van der Waals surface area contributed by atoms with Crippen molar-refractivity contribution in [1.82, 2.24) is 19.9 Å². The molecule has 0 atom stereocenters. The molecule has 4 aromatic rings. The molecule has 260 valence electrons. The zero-order valence-electron chi connectivity index (χ0n) is 30.0. The minimum Gasteiger partial charge on any atom is -0.399 e. The van der Waals surface area contributed by atoms with Crippen molar-refractivity contribution in [3.05, 3.63) is 118 Å². The van der Waals surface area contributed by atoms with Crippen LogP contribution in [0.4, 0.5) is 0 Å². The van der Waals surface area contributed by atoms with Gasteiger partial charge in [-0.3, -0.25) is 15.0 Å². The summed E-state index contributed by atoms with van der Waals surface area (Å²) >= 11 is 0. The van der Waals surface area contributed by atoms with E-state index in [4.69, 9.17) is 19.4 Å². The molecule has 0 aliphatic carbocycles. The van der Waals surface area contributed by atoms with Crippen molar-refractivity contribution in [1.29, 1.82) is 0 Å². The average molecular weight is 677 g/mol. The van der Waals surface area contributed by atoms with Gasteiger partial charge in [0, 0.05) is 17.1 Å². The Hall–Kier alpha value is -5.96. The maximum Gasteiger partial charge on any atom is 0.177 e. The van der Waals surface area contributed by atoms with Crippen molar-refractivity contribution in [2.45, 2.75) is 54.4 Å². The van der Waals surface area contributed by atoms with Gasteiger partial charge in [-0.05, 0) is 109 Å². The maximum absolute atomic E-state index is 5.40. The number of hydrogen-bond acceptors (Lipinski definition) is 12. The van der Waals surface area contributed by atoms with Crippen LogP contribution in [0.15, 0.2) is 93.4 Å². The molecule has 0 aromatic carbocycles. The summed E-state index contributed by atoms with van der Waals surface area (Å²) in [6.07, 6.45) is 1.64. The topological polar surface area (TPSA) is 138 Å². The van der Waals surface area contributed by atoms with Crippen LogP contribution in [0.1, 0.15) is 79.7 Å². The minimum absolute atomic E-state index is 0.167. The van der Waals surface area contributed by atoms with E-state index in [9.17, 15) is 0 Å². The molecule has 0 saturated carbocycles. The van der Waals surface area contributed by atoms with E-state index in [1.54, 1.807) is 0 Å². The van der Waals surface area contributed by atoms with Gasteiger partial charge in [-0.1, -0.05) is 50.8 Å². The number of hydrogen-bond donors (Lipinski definition) is 0. The summed E-state index contributed by atoms with van der Waals surface area (Å²) in [6.45, 7) is 12.0. The number of aromatic nitrogens is 4. The Morgan fingerprint density at radius 2 is 1.06 bits per heavy atom. The average Bonchev–Trinajstić information content (AvgIpc) is 3.12. The molecule has 4 rings (SSSR count). The lowest BCUT2D eigenvalue weighted by atomic mass is 10.2. The Kier molecular flexibility index (Phi) is 16.2. The minimum atomic E-state index is 0.167. The highest BCUT2D eigenvalue weighted by molar-refractivity contribution is 5.97.